The zero-order valence-corrected chi connectivity index (χ0v) is 12.8. The summed E-state index contributed by atoms with van der Waals surface area (Å²) in [7, 11) is 0. The minimum Gasteiger partial charge on any atom is -0.309 e. The van der Waals surface area contributed by atoms with Crippen LogP contribution in [-0.4, -0.2) is 11.5 Å². The van der Waals surface area contributed by atoms with E-state index in [1.807, 2.05) is 6.20 Å². The van der Waals surface area contributed by atoms with Crippen molar-refractivity contribution in [3.8, 4) is 0 Å². The van der Waals surface area contributed by atoms with Gasteiger partial charge >= 0.3 is 0 Å². The third-order valence-corrected chi connectivity index (χ3v) is 4.86. The first-order chi connectivity index (χ1) is 9.90. The monoisotopic (exact) mass is 286 g/mol. The number of aromatic nitrogens is 1. The van der Waals surface area contributed by atoms with Crippen LogP contribution in [0.2, 0.25) is 0 Å². The van der Waals surface area contributed by atoms with Crippen LogP contribution in [0.3, 0.4) is 0 Å². The molecule has 0 spiro atoms. The average Bonchev–Trinajstić information content (AvgIpc) is 3.02. The van der Waals surface area contributed by atoms with Crippen LogP contribution in [0, 0.1) is 0 Å². The standard InChI is InChI=1S/C17H22N2S/c1-2-9-18-17(14-8-11-20-12-14)15-7-3-5-13-6-4-10-19-16(13)15/h4,6,8,10-12,15,17-18H,2-3,5,7,9H2,1H3. The SMILES string of the molecule is CCCNC(c1ccsc1)C1CCCc2cccnc21. The summed E-state index contributed by atoms with van der Waals surface area (Å²) in [5, 5.41) is 8.21. The topological polar surface area (TPSA) is 24.9 Å². The van der Waals surface area contributed by atoms with Gasteiger partial charge in [-0.1, -0.05) is 13.0 Å². The molecule has 3 heteroatoms. The van der Waals surface area contributed by atoms with E-state index in [0.29, 0.717) is 12.0 Å². The van der Waals surface area contributed by atoms with Gasteiger partial charge in [0.2, 0.25) is 0 Å². The van der Waals surface area contributed by atoms with Gasteiger partial charge in [-0.25, -0.2) is 0 Å². The first-order valence-electron chi connectivity index (χ1n) is 7.59. The van der Waals surface area contributed by atoms with Gasteiger partial charge in [0.15, 0.2) is 0 Å². The summed E-state index contributed by atoms with van der Waals surface area (Å²) in [6.07, 6.45) is 6.81. The molecule has 1 aliphatic rings. The number of nitrogens with one attached hydrogen (secondary N) is 1. The molecule has 0 bridgehead atoms. The third-order valence-electron chi connectivity index (χ3n) is 4.16. The maximum atomic E-state index is 4.70. The van der Waals surface area contributed by atoms with E-state index in [-0.39, 0.29) is 0 Å². The summed E-state index contributed by atoms with van der Waals surface area (Å²) in [6.45, 7) is 3.30. The van der Waals surface area contributed by atoms with Gasteiger partial charge in [-0.3, -0.25) is 4.98 Å². The summed E-state index contributed by atoms with van der Waals surface area (Å²) in [5.74, 6) is 0.515. The smallest absolute Gasteiger partial charge is 0.0485 e. The van der Waals surface area contributed by atoms with Gasteiger partial charge < -0.3 is 5.32 Å². The summed E-state index contributed by atoms with van der Waals surface area (Å²) in [5.41, 5.74) is 4.19. The average molecular weight is 286 g/mol. The summed E-state index contributed by atoms with van der Waals surface area (Å²) in [4.78, 5) is 4.70. The van der Waals surface area contributed by atoms with Crippen molar-refractivity contribution in [1.82, 2.24) is 10.3 Å². The van der Waals surface area contributed by atoms with Crippen molar-refractivity contribution in [2.45, 2.75) is 44.6 Å². The summed E-state index contributed by atoms with van der Waals surface area (Å²) < 4.78 is 0. The first-order valence-corrected chi connectivity index (χ1v) is 8.53. The number of fused-ring (bicyclic) bond motifs is 1. The first kappa shape index (κ1) is 13.8. The van der Waals surface area contributed by atoms with Gasteiger partial charge in [0.25, 0.3) is 0 Å². The van der Waals surface area contributed by atoms with Crippen molar-refractivity contribution in [3.05, 3.63) is 52.0 Å². The van der Waals surface area contributed by atoms with Crippen LogP contribution in [0.5, 0.6) is 0 Å². The van der Waals surface area contributed by atoms with E-state index in [2.05, 4.69) is 41.2 Å². The molecule has 0 saturated heterocycles. The lowest BCUT2D eigenvalue weighted by atomic mass is 9.80. The van der Waals surface area contributed by atoms with E-state index in [1.165, 1.54) is 42.5 Å². The number of hydrogen-bond donors (Lipinski definition) is 1. The molecule has 1 N–H and O–H groups in total. The van der Waals surface area contributed by atoms with Crippen molar-refractivity contribution >= 4 is 11.3 Å². The highest BCUT2D eigenvalue weighted by Crippen LogP contribution is 2.39. The molecule has 0 aliphatic heterocycles. The van der Waals surface area contributed by atoms with Crippen molar-refractivity contribution < 1.29 is 0 Å². The van der Waals surface area contributed by atoms with Crippen molar-refractivity contribution in [2.75, 3.05) is 6.54 Å². The van der Waals surface area contributed by atoms with Crippen LogP contribution in [0.15, 0.2) is 35.2 Å². The van der Waals surface area contributed by atoms with E-state index in [4.69, 9.17) is 4.98 Å². The zero-order valence-electron chi connectivity index (χ0n) is 12.0. The number of pyridine rings is 1. The lowest BCUT2D eigenvalue weighted by molar-refractivity contribution is 0.395. The van der Waals surface area contributed by atoms with Crippen LogP contribution in [0.4, 0.5) is 0 Å². The number of nitrogens with zero attached hydrogens (tertiary/aromatic N) is 1. The molecule has 2 unspecified atom stereocenters. The van der Waals surface area contributed by atoms with Gasteiger partial charge in [0.05, 0.1) is 0 Å². The van der Waals surface area contributed by atoms with Crippen molar-refractivity contribution in [1.29, 1.82) is 0 Å². The van der Waals surface area contributed by atoms with Crippen molar-refractivity contribution in [2.24, 2.45) is 0 Å². The Morgan fingerprint density at radius 1 is 1.45 bits per heavy atom. The zero-order chi connectivity index (χ0) is 13.8. The molecule has 3 rings (SSSR count). The Hall–Kier alpha value is -1.19. The quantitative estimate of drug-likeness (QED) is 0.886. The van der Waals surface area contributed by atoms with Crippen molar-refractivity contribution in [3.63, 3.8) is 0 Å². The minimum atomic E-state index is 0.412. The molecule has 0 amide bonds. The van der Waals surface area contributed by atoms with Crippen LogP contribution in [-0.2, 0) is 6.42 Å². The molecule has 2 heterocycles. The van der Waals surface area contributed by atoms with Crippen LogP contribution >= 0.6 is 11.3 Å². The molecule has 0 radical (unpaired) electrons. The Kier molecular flexibility index (Phi) is 4.48. The molecule has 20 heavy (non-hydrogen) atoms. The maximum Gasteiger partial charge on any atom is 0.0485 e. The summed E-state index contributed by atoms with van der Waals surface area (Å²) in [6, 6.07) is 6.99. The van der Waals surface area contributed by atoms with E-state index in [1.54, 1.807) is 11.3 Å². The van der Waals surface area contributed by atoms with E-state index >= 15 is 0 Å². The summed E-state index contributed by atoms with van der Waals surface area (Å²) >= 11 is 1.79. The van der Waals surface area contributed by atoms with Gasteiger partial charge in [-0.2, -0.15) is 11.3 Å². The number of rotatable bonds is 5. The molecular formula is C17H22N2S. The fourth-order valence-electron chi connectivity index (χ4n) is 3.21. The Balaban J connectivity index is 1.92. The van der Waals surface area contributed by atoms with Crippen LogP contribution in [0.25, 0.3) is 0 Å². The number of thiophene rings is 1. The molecule has 2 aromatic heterocycles. The van der Waals surface area contributed by atoms with Crippen LogP contribution < -0.4 is 5.32 Å². The molecule has 1 aliphatic carbocycles. The molecule has 0 fully saturated rings. The number of hydrogen-bond acceptors (Lipinski definition) is 3. The fourth-order valence-corrected chi connectivity index (χ4v) is 3.91. The highest BCUT2D eigenvalue weighted by atomic mass is 32.1. The predicted octanol–water partition coefficient (Wildman–Crippen LogP) is 4.30. The molecule has 106 valence electrons. The number of aryl methyl sites for hydroxylation is 1. The molecular weight excluding hydrogens is 264 g/mol. The lowest BCUT2D eigenvalue weighted by Crippen LogP contribution is -2.30. The third kappa shape index (κ3) is 2.79. The largest absolute Gasteiger partial charge is 0.309 e. The van der Waals surface area contributed by atoms with E-state index < -0.39 is 0 Å². The molecule has 2 nitrogen and oxygen atoms in total. The lowest BCUT2D eigenvalue weighted by Gasteiger charge is -2.32. The van der Waals surface area contributed by atoms with Gasteiger partial charge in [-0.05, 0) is 66.2 Å². The Labute approximate surface area is 125 Å². The highest BCUT2D eigenvalue weighted by molar-refractivity contribution is 7.07. The van der Waals surface area contributed by atoms with E-state index in [9.17, 15) is 0 Å². The second-order valence-corrected chi connectivity index (χ2v) is 6.31. The highest BCUT2D eigenvalue weighted by Gasteiger charge is 2.29. The normalized spacial score (nSPS) is 19.6. The molecule has 0 saturated carbocycles. The fraction of sp³-hybridized carbons (Fsp3) is 0.471. The maximum absolute atomic E-state index is 4.70. The van der Waals surface area contributed by atoms with Crippen LogP contribution in [0.1, 0.15) is 55.0 Å². The predicted molar refractivity (Wildman–Crippen MR) is 85.3 cm³/mol. The van der Waals surface area contributed by atoms with Gasteiger partial charge in [0, 0.05) is 23.9 Å². The van der Waals surface area contributed by atoms with E-state index in [0.717, 1.165) is 6.54 Å². The molecule has 2 atom stereocenters. The minimum absolute atomic E-state index is 0.412. The Bertz CT molecular complexity index is 536. The van der Waals surface area contributed by atoms with Gasteiger partial charge in [-0.15, -0.1) is 0 Å². The second-order valence-electron chi connectivity index (χ2n) is 5.53. The Morgan fingerprint density at radius 2 is 2.40 bits per heavy atom. The molecule has 2 aromatic rings. The van der Waals surface area contributed by atoms with Gasteiger partial charge in [0.1, 0.15) is 0 Å². The molecule has 0 aromatic carbocycles. The Morgan fingerprint density at radius 3 is 3.20 bits per heavy atom. The second kappa shape index (κ2) is 6.51.